The van der Waals surface area contributed by atoms with Crippen LogP contribution in [0.3, 0.4) is 0 Å². The van der Waals surface area contributed by atoms with E-state index in [4.69, 9.17) is 5.21 Å². The number of pyridine rings is 1. The summed E-state index contributed by atoms with van der Waals surface area (Å²) in [5.74, 6) is 0.600. The van der Waals surface area contributed by atoms with Gasteiger partial charge in [-0.15, -0.1) is 0 Å². The van der Waals surface area contributed by atoms with Gasteiger partial charge in [-0.25, -0.2) is 0 Å². The van der Waals surface area contributed by atoms with Gasteiger partial charge >= 0.3 is 0 Å². The predicted molar refractivity (Wildman–Crippen MR) is 93.1 cm³/mol. The van der Waals surface area contributed by atoms with Crippen LogP contribution < -0.4 is 0 Å². The fourth-order valence-corrected chi connectivity index (χ4v) is 2.97. The molecule has 0 unspecified atom stereocenters. The Morgan fingerprint density at radius 3 is 2.27 bits per heavy atom. The van der Waals surface area contributed by atoms with E-state index in [-0.39, 0.29) is 0 Å². The molecule has 0 saturated carbocycles. The third kappa shape index (κ3) is 10.7. The number of hydrogen-bond donors (Lipinski definition) is 1. The average molecular weight is 306 g/mol. The number of unbranched alkanes of at least 4 members (excludes halogenated alkanes) is 7. The fourth-order valence-electron chi connectivity index (χ4n) is 2.97. The summed E-state index contributed by atoms with van der Waals surface area (Å²) in [6.07, 6.45) is 17.0. The monoisotopic (exact) mass is 306 g/mol. The summed E-state index contributed by atoms with van der Waals surface area (Å²) in [5, 5.41) is 10.5. The van der Waals surface area contributed by atoms with E-state index in [1.807, 2.05) is 18.5 Å². The van der Waals surface area contributed by atoms with Crippen molar-refractivity contribution < 1.29 is 5.21 Å². The SMILES string of the molecule is C[C@H](CCCCCCCCCCc1cccnc1)CN(C)O. The molecular formula is C19H34N2O. The second-order valence-electron chi connectivity index (χ2n) is 6.67. The molecule has 0 bridgehead atoms. The first-order valence-electron chi connectivity index (χ1n) is 8.97. The Kier molecular flexibility index (Phi) is 10.9. The molecule has 0 aliphatic rings. The van der Waals surface area contributed by atoms with Gasteiger partial charge in [-0.3, -0.25) is 4.98 Å². The van der Waals surface area contributed by atoms with Crippen molar-refractivity contribution in [2.75, 3.05) is 13.6 Å². The molecular weight excluding hydrogens is 272 g/mol. The third-order valence-electron chi connectivity index (χ3n) is 4.21. The van der Waals surface area contributed by atoms with Crippen LogP contribution in [0.1, 0.15) is 70.3 Å². The quantitative estimate of drug-likeness (QED) is 0.407. The largest absolute Gasteiger partial charge is 0.314 e. The van der Waals surface area contributed by atoms with Gasteiger partial charge in [-0.05, 0) is 36.8 Å². The Balaban J connectivity index is 1.82. The first kappa shape index (κ1) is 19.1. The van der Waals surface area contributed by atoms with Crippen LogP contribution in [-0.2, 0) is 6.42 Å². The van der Waals surface area contributed by atoms with E-state index in [9.17, 15) is 0 Å². The third-order valence-corrected chi connectivity index (χ3v) is 4.21. The zero-order valence-electron chi connectivity index (χ0n) is 14.5. The molecule has 0 fully saturated rings. The van der Waals surface area contributed by atoms with Crippen molar-refractivity contribution >= 4 is 0 Å². The molecule has 0 aliphatic carbocycles. The number of hydrogen-bond acceptors (Lipinski definition) is 3. The Morgan fingerprint density at radius 1 is 1.05 bits per heavy atom. The van der Waals surface area contributed by atoms with Crippen LogP contribution in [0.5, 0.6) is 0 Å². The molecule has 22 heavy (non-hydrogen) atoms. The standard InChI is InChI=1S/C19H34N2O/c1-18(17-21(2)22)12-9-7-5-3-4-6-8-10-13-19-14-11-15-20-16-19/h11,14-16,18,22H,3-10,12-13,17H2,1-2H3/t18-/m1/s1. The molecule has 0 radical (unpaired) electrons. The summed E-state index contributed by atoms with van der Waals surface area (Å²) < 4.78 is 0. The number of aromatic nitrogens is 1. The second-order valence-corrected chi connectivity index (χ2v) is 6.67. The minimum Gasteiger partial charge on any atom is -0.314 e. The van der Waals surface area contributed by atoms with Crippen LogP contribution in [-0.4, -0.2) is 28.8 Å². The highest BCUT2D eigenvalue weighted by atomic mass is 16.5. The zero-order valence-corrected chi connectivity index (χ0v) is 14.5. The Hall–Kier alpha value is -0.930. The highest BCUT2D eigenvalue weighted by molar-refractivity contribution is 5.08. The van der Waals surface area contributed by atoms with Crippen molar-refractivity contribution in [1.82, 2.24) is 10.0 Å². The molecule has 1 aromatic heterocycles. The first-order valence-corrected chi connectivity index (χ1v) is 8.97. The van der Waals surface area contributed by atoms with E-state index < -0.39 is 0 Å². The summed E-state index contributed by atoms with van der Waals surface area (Å²) in [7, 11) is 1.73. The molecule has 1 atom stereocenters. The van der Waals surface area contributed by atoms with Crippen LogP contribution in [0.15, 0.2) is 24.5 Å². The van der Waals surface area contributed by atoms with Gasteiger partial charge in [0.05, 0.1) is 0 Å². The van der Waals surface area contributed by atoms with Gasteiger partial charge in [0, 0.05) is 26.0 Å². The van der Waals surface area contributed by atoms with E-state index in [1.54, 1.807) is 7.05 Å². The Morgan fingerprint density at radius 2 is 1.68 bits per heavy atom. The topological polar surface area (TPSA) is 36.4 Å². The lowest BCUT2D eigenvalue weighted by molar-refractivity contribution is -0.0752. The van der Waals surface area contributed by atoms with Crippen LogP contribution in [0.2, 0.25) is 0 Å². The summed E-state index contributed by atoms with van der Waals surface area (Å²) in [6, 6.07) is 4.19. The maximum atomic E-state index is 9.17. The second kappa shape index (κ2) is 12.6. The highest BCUT2D eigenvalue weighted by Gasteiger charge is 2.03. The van der Waals surface area contributed by atoms with E-state index in [2.05, 4.69) is 18.0 Å². The van der Waals surface area contributed by atoms with Gasteiger partial charge in [0.15, 0.2) is 0 Å². The van der Waals surface area contributed by atoms with Crippen LogP contribution in [0.4, 0.5) is 0 Å². The fraction of sp³-hybridized carbons (Fsp3) is 0.737. The minimum absolute atomic E-state index is 0.600. The van der Waals surface area contributed by atoms with Gasteiger partial charge in [0.1, 0.15) is 0 Å². The molecule has 3 nitrogen and oxygen atoms in total. The molecule has 1 rings (SSSR count). The maximum Gasteiger partial charge on any atom is 0.0299 e. The lowest BCUT2D eigenvalue weighted by Crippen LogP contribution is -2.20. The number of rotatable bonds is 13. The smallest absolute Gasteiger partial charge is 0.0299 e. The molecule has 0 saturated heterocycles. The van der Waals surface area contributed by atoms with Gasteiger partial charge < -0.3 is 5.21 Å². The van der Waals surface area contributed by atoms with Crippen molar-refractivity contribution in [2.45, 2.75) is 71.1 Å². The Bertz CT molecular complexity index is 354. The molecule has 1 heterocycles. The van der Waals surface area contributed by atoms with E-state index in [0.29, 0.717) is 5.92 Å². The normalized spacial score (nSPS) is 12.7. The lowest BCUT2D eigenvalue weighted by Gasteiger charge is -2.14. The molecule has 3 heteroatoms. The van der Waals surface area contributed by atoms with Crippen molar-refractivity contribution in [3.05, 3.63) is 30.1 Å². The minimum atomic E-state index is 0.600. The van der Waals surface area contributed by atoms with E-state index in [1.165, 1.54) is 74.8 Å². The Labute approximate surface area is 136 Å². The van der Waals surface area contributed by atoms with Crippen molar-refractivity contribution in [3.8, 4) is 0 Å². The van der Waals surface area contributed by atoms with Gasteiger partial charge in [-0.1, -0.05) is 57.9 Å². The average Bonchev–Trinajstić information content (AvgIpc) is 2.49. The van der Waals surface area contributed by atoms with Gasteiger partial charge in [0.2, 0.25) is 0 Å². The maximum absolute atomic E-state index is 9.17. The zero-order chi connectivity index (χ0) is 16.0. The van der Waals surface area contributed by atoms with E-state index in [0.717, 1.165) is 6.54 Å². The molecule has 0 aliphatic heterocycles. The van der Waals surface area contributed by atoms with Crippen molar-refractivity contribution in [3.63, 3.8) is 0 Å². The molecule has 0 spiro atoms. The van der Waals surface area contributed by atoms with E-state index >= 15 is 0 Å². The highest BCUT2D eigenvalue weighted by Crippen LogP contribution is 2.14. The van der Waals surface area contributed by atoms with Crippen LogP contribution in [0, 0.1) is 5.92 Å². The molecule has 126 valence electrons. The number of hydroxylamine groups is 2. The summed E-state index contributed by atoms with van der Waals surface area (Å²) in [6.45, 7) is 3.01. The summed E-state index contributed by atoms with van der Waals surface area (Å²) >= 11 is 0. The predicted octanol–water partition coefficient (Wildman–Crippen LogP) is 5.09. The van der Waals surface area contributed by atoms with Crippen LogP contribution in [0.25, 0.3) is 0 Å². The van der Waals surface area contributed by atoms with Crippen LogP contribution >= 0.6 is 0 Å². The summed E-state index contributed by atoms with van der Waals surface area (Å²) in [5.41, 5.74) is 1.37. The van der Waals surface area contributed by atoms with Crippen molar-refractivity contribution in [2.24, 2.45) is 5.92 Å². The number of nitrogens with zero attached hydrogens (tertiary/aromatic N) is 2. The molecule has 0 aromatic carbocycles. The lowest BCUT2D eigenvalue weighted by atomic mass is 10.0. The molecule has 0 amide bonds. The molecule has 1 N–H and O–H groups in total. The van der Waals surface area contributed by atoms with Gasteiger partial charge in [-0.2, -0.15) is 5.06 Å². The molecule has 1 aromatic rings. The summed E-state index contributed by atoms with van der Waals surface area (Å²) in [4.78, 5) is 4.15. The van der Waals surface area contributed by atoms with Crippen molar-refractivity contribution in [1.29, 1.82) is 0 Å². The number of aryl methyl sites for hydroxylation is 1. The van der Waals surface area contributed by atoms with Gasteiger partial charge in [0.25, 0.3) is 0 Å². The first-order chi connectivity index (χ1) is 10.7.